The van der Waals surface area contributed by atoms with E-state index in [1.165, 1.54) is 6.08 Å². The van der Waals surface area contributed by atoms with E-state index in [9.17, 15) is 13.2 Å². The lowest BCUT2D eigenvalue weighted by Crippen LogP contribution is -2.44. The molecule has 5 nitrogen and oxygen atoms in total. The van der Waals surface area contributed by atoms with Gasteiger partial charge in [0, 0.05) is 18.7 Å². The summed E-state index contributed by atoms with van der Waals surface area (Å²) >= 11 is 0. The molecule has 0 spiro atoms. The Morgan fingerprint density at radius 1 is 1.18 bits per heavy atom. The Bertz CT molecular complexity index is 601. The molecule has 0 aromatic heterocycles. The van der Waals surface area contributed by atoms with Gasteiger partial charge in [0.05, 0.1) is 10.9 Å². The Kier molecular flexibility index (Phi) is 7.03. The molecule has 0 heterocycles. The minimum Gasteiger partial charge on any atom is -0.339 e. The van der Waals surface area contributed by atoms with E-state index in [2.05, 4.69) is 13.8 Å². The van der Waals surface area contributed by atoms with Crippen LogP contribution in [-0.4, -0.2) is 43.2 Å². The van der Waals surface area contributed by atoms with Crippen LogP contribution in [0.4, 0.5) is 0 Å². The maximum Gasteiger partial charge on any atom is 0.252 e. The van der Waals surface area contributed by atoms with Gasteiger partial charge < -0.3 is 10.6 Å². The molecule has 2 N–H and O–H groups in total. The van der Waals surface area contributed by atoms with Crippen molar-refractivity contribution in [3.63, 3.8) is 0 Å². The summed E-state index contributed by atoms with van der Waals surface area (Å²) in [5, 5.41) is 0. The Morgan fingerprint density at radius 3 is 2.14 bits per heavy atom. The van der Waals surface area contributed by atoms with Crippen molar-refractivity contribution in [1.82, 2.24) is 4.90 Å². The molecule has 1 aliphatic carbocycles. The van der Waals surface area contributed by atoms with E-state index in [0.29, 0.717) is 18.7 Å². The maximum atomic E-state index is 12.8. The van der Waals surface area contributed by atoms with E-state index in [0.717, 1.165) is 18.4 Å². The monoisotopic (exact) mass is 326 g/mol. The second-order valence-corrected chi connectivity index (χ2v) is 6.25. The standard InChI is InChI=1S/C16H26N2O3S/c1-5-11(6-2)12-9-10-13(22(20)21)15(17)14(12)16(19)18(7-3)8-4/h9-11,15H,5-8,17H2,1-4H3. The SMILES string of the molecule is CCC(CC)C1=C(C(=O)N(CC)CC)C(N)C(=S(=O)=O)C=C1. The van der Waals surface area contributed by atoms with E-state index in [-0.39, 0.29) is 16.7 Å². The third-order valence-electron chi connectivity index (χ3n) is 4.25. The first-order valence-corrected chi connectivity index (χ1v) is 8.93. The number of allylic oxidation sites excluding steroid dienone is 2. The average Bonchev–Trinajstić information content (AvgIpc) is 2.49. The fourth-order valence-electron chi connectivity index (χ4n) is 2.87. The minimum absolute atomic E-state index is 0.0743. The molecule has 124 valence electrons. The maximum absolute atomic E-state index is 12.8. The molecule has 22 heavy (non-hydrogen) atoms. The van der Waals surface area contributed by atoms with Gasteiger partial charge in [0.25, 0.3) is 5.91 Å². The van der Waals surface area contributed by atoms with E-state index < -0.39 is 16.3 Å². The van der Waals surface area contributed by atoms with Crippen LogP contribution >= 0.6 is 0 Å². The van der Waals surface area contributed by atoms with Crippen molar-refractivity contribution < 1.29 is 13.2 Å². The Hall–Kier alpha value is -1.40. The molecule has 1 atom stereocenters. The predicted molar refractivity (Wildman–Crippen MR) is 90.1 cm³/mol. The highest BCUT2D eigenvalue weighted by atomic mass is 32.2. The first-order valence-electron chi connectivity index (χ1n) is 7.85. The summed E-state index contributed by atoms with van der Waals surface area (Å²) in [7, 11) is -2.42. The summed E-state index contributed by atoms with van der Waals surface area (Å²) in [5.41, 5.74) is 7.43. The van der Waals surface area contributed by atoms with Crippen LogP contribution < -0.4 is 5.73 Å². The van der Waals surface area contributed by atoms with Gasteiger partial charge in [-0.3, -0.25) is 4.79 Å². The van der Waals surface area contributed by atoms with Crippen molar-refractivity contribution in [3.05, 3.63) is 23.3 Å². The van der Waals surface area contributed by atoms with E-state index in [1.807, 2.05) is 13.8 Å². The molecule has 0 aliphatic heterocycles. The topological polar surface area (TPSA) is 80.5 Å². The normalized spacial score (nSPS) is 18.1. The lowest BCUT2D eigenvalue weighted by Gasteiger charge is -2.29. The fraction of sp³-hybridized carbons (Fsp3) is 0.625. The number of hydrogen-bond acceptors (Lipinski definition) is 4. The zero-order valence-electron chi connectivity index (χ0n) is 13.8. The quantitative estimate of drug-likeness (QED) is 0.751. The van der Waals surface area contributed by atoms with Crippen LogP contribution in [0.1, 0.15) is 40.5 Å². The molecule has 0 aromatic carbocycles. The lowest BCUT2D eigenvalue weighted by atomic mass is 9.82. The van der Waals surface area contributed by atoms with Crippen LogP contribution in [0.15, 0.2) is 23.3 Å². The van der Waals surface area contributed by atoms with Crippen LogP contribution in [0.25, 0.3) is 0 Å². The van der Waals surface area contributed by atoms with Gasteiger partial charge in [-0.05, 0) is 44.3 Å². The Balaban J connectivity index is 3.50. The minimum atomic E-state index is -2.42. The van der Waals surface area contributed by atoms with Gasteiger partial charge in [-0.25, -0.2) is 0 Å². The number of hydrogen-bond donors (Lipinski definition) is 1. The number of rotatable bonds is 6. The van der Waals surface area contributed by atoms with Gasteiger partial charge in [0.1, 0.15) is 0 Å². The van der Waals surface area contributed by atoms with Gasteiger partial charge in [0.15, 0.2) is 0 Å². The van der Waals surface area contributed by atoms with Crippen molar-refractivity contribution in [3.8, 4) is 0 Å². The molecule has 1 aliphatic rings. The van der Waals surface area contributed by atoms with E-state index in [4.69, 9.17) is 5.73 Å². The zero-order valence-corrected chi connectivity index (χ0v) is 14.6. The largest absolute Gasteiger partial charge is 0.339 e. The van der Waals surface area contributed by atoms with Crippen molar-refractivity contribution in [2.24, 2.45) is 11.7 Å². The third kappa shape index (κ3) is 3.67. The number of amides is 1. The molecule has 1 rings (SSSR count). The third-order valence-corrected chi connectivity index (χ3v) is 5.03. The first kappa shape index (κ1) is 18.6. The lowest BCUT2D eigenvalue weighted by molar-refractivity contribution is -0.127. The first-order chi connectivity index (χ1) is 10.4. The molecule has 0 fully saturated rings. The molecule has 0 aromatic rings. The van der Waals surface area contributed by atoms with Gasteiger partial charge in [-0.2, -0.15) is 8.42 Å². The smallest absolute Gasteiger partial charge is 0.252 e. The van der Waals surface area contributed by atoms with Crippen LogP contribution in [0, 0.1) is 5.92 Å². The van der Waals surface area contributed by atoms with Gasteiger partial charge in [-0.15, -0.1) is 0 Å². The summed E-state index contributed by atoms with van der Waals surface area (Å²) in [6.07, 6.45) is 5.05. The van der Waals surface area contributed by atoms with Crippen molar-refractivity contribution >= 4 is 21.1 Å². The Labute approximate surface area is 134 Å². The fourth-order valence-corrected chi connectivity index (χ4v) is 3.37. The summed E-state index contributed by atoms with van der Waals surface area (Å²) < 4.78 is 22.7. The number of nitrogens with two attached hydrogens (primary N) is 1. The number of likely N-dealkylation sites (N-methyl/N-ethyl adjacent to an activating group) is 1. The van der Waals surface area contributed by atoms with Gasteiger partial charge in [-0.1, -0.05) is 19.9 Å². The number of nitrogens with zero attached hydrogens (tertiary/aromatic N) is 1. The molecule has 0 radical (unpaired) electrons. The highest BCUT2D eigenvalue weighted by Crippen LogP contribution is 2.29. The summed E-state index contributed by atoms with van der Waals surface area (Å²) in [4.78, 5) is 14.6. The predicted octanol–water partition coefficient (Wildman–Crippen LogP) is 1.54. The van der Waals surface area contributed by atoms with Crippen LogP contribution in [0.5, 0.6) is 0 Å². The molecule has 1 unspecified atom stereocenters. The second kappa shape index (κ2) is 8.29. The Morgan fingerprint density at radius 2 is 1.73 bits per heavy atom. The van der Waals surface area contributed by atoms with E-state index >= 15 is 0 Å². The summed E-state index contributed by atoms with van der Waals surface area (Å²) in [5.74, 6) is 0.0464. The number of carbonyl (C=O) groups is 1. The molecule has 0 bridgehead atoms. The highest BCUT2D eigenvalue weighted by Gasteiger charge is 2.32. The average molecular weight is 326 g/mol. The van der Waals surface area contributed by atoms with Crippen molar-refractivity contribution in [2.45, 2.75) is 46.6 Å². The summed E-state index contributed by atoms with van der Waals surface area (Å²) in [6.45, 7) is 9.07. The van der Waals surface area contributed by atoms with Crippen LogP contribution in [0.3, 0.4) is 0 Å². The van der Waals surface area contributed by atoms with E-state index in [1.54, 1.807) is 11.0 Å². The van der Waals surface area contributed by atoms with Gasteiger partial charge >= 0.3 is 0 Å². The highest BCUT2D eigenvalue weighted by molar-refractivity contribution is 7.73. The number of carbonyl (C=O) groups excluding carboxylic acids is 1. The second-order valence-electron chi connectivity index (χ2n) is 5.31. The summed E-state index contributed by atoms with van der Waals surface area (Å²) in [6, 6.07) is -0.882. The van der Waals surface area contributed by atoms with Crippen LogP contribution in [-0.2, 0) is 15.1 Å². The molecular weight excluding hydrogens is 300 g/mol. The van der Waals surface area contributed by atoms with Gasteiger partial charge in [0.2, 0.25) is 10.3 Å². The molecule has 1 amide bonds. The molecule has 6 heteroatoms. The van der Waals surface area contributed by atoms with Crippen molar-refractivity contribution in [2.75, 3.05) is 13.1 Å². The zero-order chi connectivity index (χ0) is 16.9. The van der Waals surface area contributed by atoms with Crippen LogP contribution in [0.2, 0.25) is 0 Å². The molecule has 0 saturated carbocycles. The molecular formula is C16H26N2O3S. The van der Waals surface area contributed by atoms with Crippen molar-refractivity contribution in [1.29, 1.82) is 0 Å². The molecule has 0 saturated heterocycles.